The van der Waals surface area contributed by atoms with Gasteiger partial charge >= 0.3 is 0 Å². The number of aromatic nitrogens is 5. The second-order valence-corrected chi connectivity index (χ2v) is 5.84. The quantitative estimate of drug-likeness (QED) is 0.540. The number of hydrogen-bond acceptors (Lipinski definition) is 6. The molecule has 0 atom stereocenters. The van der Waals surface area contributed by atoms with Crippen molar-refractivity contribution in [2.24, 2.45) is 0 Å². The van der Waals surface area contributed by atoms with Gasteiger partial charge in [0.05, 0.1) is 29.7 Å². The average Bonchev–Trinajstić information content (AvgIpc) is 3.08. The molecule has 1 aromatic carbocycles. The molecule has 1 N–H and O–H groups in total. The number of ether oxygens (including phenoxy) is 1. The van der Waals surface area contributed by atoms with E-state index in [4.69, 9.17) is 14.8 Å². The van der Waals surface area contributed by atoms with E-state index >= 15 is 0 Å². The first-order valence-corrected chi connectivity index (χ1v) is 8.10. The third kappa shape index (κ3) is 2.21. The lowest BCUT2D eigenvalue weighted by Gasteiger charge is -2.10. The highest BCUT2D eigenvalue weighted by Gasteiger charge is 2.15. The van der Waals surface area contributed by atoms with E-state index in [0.717, 1.165) is 44.6 Å². The van der Waals surface area contributed by atoms with Crippen LogP contribution in [0.3, 0.4) is 0 Å². The predicted octanol–water partition coefficient (Wildman–Crippen LogP) is 3.58. The van der Waals surface area contributed by atoms with Crippen molar-refractivity contribution in [2.45, 2.75) is 0 Å². The van der Waals surface area contributed by atoms with Crippen LogP contribution in [0, 0.1) is 0 Å². The summed E-state index contributed by atoms with van der Waals surface area (Å²) in [6.45, 7) is 0. The summed E-state index contributed by atoms with van der Waals surface area (Å²) in [6, 6.07) is 11.6. The summed E-state index contributed by atoms with van der Waals surface area (Å²) < 4.78 is 7.08. The number of methoxy groups -OCH3 is 1. The van der Waals surface area contributed by atoms with E-state index in [0.29, 0.717) is 0 Å². The van der Waals surface area contributed by atoms with Crippen molar-refractivity contribution in [2.75, 3.05) is 12.4 Å². The molecule has 0 aliphatic heterocycles. The van der Waals surface area contributed by atoms with Crippen LogP contribution in [-0.2, 0) is 0 Å². The maximum atomic E-state index is 5.31. The Hall–Kier alpha value is -3.74. The molecule has 0 saturated carbocycles. The van der Waals surface area contributed by atoms with Gasteiger partial charge in [0.15, 0.2) is 0 Å². The number of nitrogens with zero attached hydrogens (tertiary/aromatic N) is 5. The van der Waals surface area contributed by atoms with Gasteiger partial charge in [-0.25, -0.2) is 14.5 Å². The lowest BCUT2D eigenvalue weighted by atomic mass is 10.1. The van der Waals surface area contributed by atoms with Gasteiger partial charge in [-0.05, 0) is 24.3 Å². The van der Waals surface area contributed by atoms with Gasteiger partial charge in [-0.1, -0.05) is 6.07 Å². The maximum Gasteiger partial charge on any atom is 0.142 e. The highest BCUT2D eigenvalue weighted by molar-refractivity contribution is 6.14. The number of rotatable bonds is 3. The first-order valence-electron chi connectivity index (χ1n) is 8.10. The Morgan fingerprint density at radius 3 is 2.92 bits per heavy atom. The molecule has 5 aromatic rings. The van der Waals surface area contributed by atoms with Crippen molar-refractivity contribution >= 4 is 38.8 Å². The lowest BCUT2D eigenvalue weighted by Crippen LogP contribution is -1.96. The van der Waals surface area contributed by atoms with E-state index in [1.165, 1.54) is 0 Å². The zero-order chi connectivity index (χ0) is 17.5. The first kappa shape index (κ1) is 14.6. The molecule has 126 valence electrons. The van der Waals surface area contributed by atoms with Crippen LogP contribution in [0.5, 0.6) is 5.75 Å². The maximum absolute atomic E-state index is 5.31. The molecule has 0 aliphatic rings. The summed E-state index contributed by atoms with van der Waals surface area (Å²) >= 11 is 0. The molecule has 0 saturated heterocycles. The van der Waals surface area contributed by atoms with Crippen LogP contribution in [-0.4, -0.2) is 31.7 Å². The van der Waals surface area contributed by atoms with Gasteiger partial charge in [-0.3, -0.25) is 4.98 Å². The molecule has 0 bridgehead atoms. The van der Waals surface area contributed by atoms with Crippen LogP contribution < -0.4 is 10.1 Å². The van der Waals surface area contributed by atoms with E-state index < -0.39 is 0 Å². The van der Waals surface area contributed by atoms with Crippen LogP contribution in [0.2, 0.25) is 0 Å². The molecule has 0 amide bonds. The van der Waals surface area contributed by atoms with Crippen molar-refractivity contribution < 1.29 is 4.74 Å². The number of anilines is 2. The number of benzene rings is 1. The Bertz CT molecular complexity index is 1260. The largest absolute Gasteiger partial charge is 0.497 e. The zero-order valence-corrected chi connectivity index (χ0v) is 13.9. The molecule has 0 aliphatic carbocycles. The monoisotopic (exact) mass is 342 g/mol. The highest BCUT2D eigenvalue weighted by Crippen LogP contribution is 2.33. The molecular weight excluding hydrogens is 328 g/mol. The molecule has 0 fully saturated rings. The minimum Gasteiger partial charge on any atom is -0.497 e. The topological polar surface area (TPSA) is 77.2 Å². The fourth-order valence-corrected chi connectivity index (χ4v) is 3.11. The summed E-state index contributed by atoms with van der Waals surface area (Å²) in [5, 5.41) is 9.99. The molecular formula is C19H14N6O. The third-order valence-electron chi connectivity index (χ3n) is 4.30. The Morgan fingerprint density at radius 1 is 1.08 bits per heavy atom. The molecule has 7 heteroatoms. The van der Waals surface area contributed by atoms with Gasteiger partial charge in [-0.2, -0.15) is 5.10 Å². The lowest BCUT2D eigenvalue weighted by molar-refractivity contribution is 0.415. The number of nitrogens with one attached hydrogen (secondary N) is 1. The van der Waals surface area contributed by atoms with Crippen LogP contribution in [0.1, 0.15) is 0 Å². The van der Waals surface area contributed by atoms with Gasteiger partial charge in [0.2, 0.25) is 0 Å². The van der Waals surface area contributed by atoms with Crippen molar-refractivity contribution in [3.63, 3.8) is 0 Å². The van der Waals surface area contributed by atoms with Crippen molar-refractivity contribution in [1.82, 2.24) is 24.6 Å². The van der Waals surface area contributed by atoms with Crippen LogP contribution in [0.4, 0.5) is 11.5 Å². The molecule has 4 aromatic heterocycles. The van der Waals surface area contributed by atoms with Gasteiger partial charge in [0.1, 0.15) is 23.4 Å². The van der Waals surface area contributed by atoms with Crippen molar-refractivity contribution in [3.05, 3.63) is 61.3 Å². The van der Waals surface area contributed by atoms with Gasteiger partial charge < -0.3 is 10.1 Å². The Morgan fingerprint density at radius 2 is 2.00 bits per heavy atom. The van der Waals surface area contributed by atoms with Gasteiger partial charge in [0, 0.05) is 29.5 Å². The second-order valence-electron chi connectivity index (χ2n) is 5.84. The molecule has 5 rings (SSSR count). The SMILES string of the molecule is COc1cccc(Nc2nc3cnccc3c3nn4cnccc4c23)c1. The molecule has 7 nitrogen and oxygen atoms in total. The first-order chi connectivity index (χ1) is 12.8. The highest BCUT2D eigenvalue weighted by atomic mass is 16.5. The zero-order valence-electron chi connectivity index (χ0n) is 13.9. The second kappa shape index (κ2) is 5.66. The van der Waals surface area contributed by atoms with Gasteiger partial charge in [0.25, 0.3) is 0 Å². The van der Waals surface area contributed by atoms with E-state index in [9.17, 15) is 0 Å². The molecule has 0 spiro atoms. The summed E-state index contributed by atoms with van der Waals surface area (Å²) in [6.07, 6.45) is 6.94. The average molecular weight is 342 g/mol. The number of hydrogen-bond donors (Lipinski definition) is 1. The van der Waals surface area contributed by atoms with Crippen LogP contribution in [0.25, 0.3) is 27.3 Å². The van der Waals surface area contributed by atoms with E-state index in [2.05, 4.69) is 15.3 Å². The summed E-state index contributed by atoms with van der Waals surface area (Å²) in [7, 11) is 1.65. The van der Waals surface area contributed by atoms with E-state index in [1.807, 2.05) is 36.4 Å². The normalized spacial score (nSPS) is 11.3. The minimum absolute atomic E-state index is 0.718. The Kier molecular flexibility index (Phi) is 3.18. The van der Waals surface area contributed by atoms with Crippen molar-refractivity contribution in [3.8, 4) is 5.75 Å². The standard InChI is InChI=1S/C19H14N6O/c1-26-13-4-2-3-12(9-13)22-19-17-16-6-8-21-11-25(16)24-18(17)14-5-7-20-10-15(14)23-19/h2-11H,1H3,(H,22,23). The fraction of sp³-hybridized carbons (Fsp3) is 0.0526. The Balaban J connectivity index is 1.81. The summed E-state index contributed by atoms with van der Waals surface area (Å²) in [5.74, 6) is 1.49. The van der Waals surface area contributed by atoms with E-state index in [-0.39, 0.29) is 0 Å². The predicted molar refractivity (Wildman–Crippen MR) is 99.9 cm³/mol. The summed E-state index contributed by atoms with van der Waals surface area (Å²) in [5.41, 5.74) is 3.46. The number of pyridine rings is 2. The van der Waals surface area contributed by atoms with Gasteiger partial charge in [-0.15, -0.1) is 0 Å². The summed E-state index contributed by atoms with van der Waals surface area (Å²) in [4.78, 5) is 13.1. The molecule has 0 radical (unpaired) electrons. The van der Waals surface area contributed by atoms with Crippen LogP contribution >= 0.6 is 0 Å². The molecule has 26 heavy (non-hydrogen) atoms. The van der Waals surface area contributed by atoms with Crippen molar-refractivity contribution in [1.29, 1.82) is 0 Å². The molecule has 4 heterocycles. The third-order valence-corrected chi connectivity index (χ3v) is 4.30. The molecule has 0 unspecified atom stereocenters. The van der Waals surface area contributed by atoms with E-state index in [1.54, 1.807) is 36.5 Å². The smallest absolute Gasteiger partial charge is 0.142 e. The van der Waals surface area contributed by atoms with Crippen LogP contribution in [0.15, 0.2) is 61.3 Å². The fourth-order valence-electron chi connectivity index (χ4n) is 3.11. The Labute approximate surface area is 148 Å². The number of fused-ring (bicyclic) bond motifs is 5. The minimum atomic E-state index is 0.718.